The fourth-order valence-corrected chi connectivity index (χ4v) is 1.09. The molecule has 90 valence electrons. The Bertz CT molecular complexity index is 400. The van der Waals surface area contributed by atoms with Gasteiger partial charge in [-0.15, -0.1) is 0 Å². The summed E-state index contributed by atoms with van der Waals surface area (Å²) < 4.78 is 41.7. The molecule has 0 amide bonds. The number of carbonyl (C=O) groups excluding carboxylic acids is 1. The van der Waals surface area contributed by atoms with Gasteiger partial charge in [-0.25, -0.2) is 4.79 Å². The predicted molar refractivity (Wildman–Crippen MR) is 45.6 cm³/mol. The van der Waals surface area contributed by atoms with Crippen molar-refractivity contribution < 1.29 is 27.8 Å². The zero-order chi connectivity index (χ0) is 12.5. The highest BCUT2D eigenvalue weighted by Gasteiger charge is 2.41. The average molecular weight is 238 g/mol. The van der Waals surface area contributed by atoms with Gasteiger partial charge in [0.1, 0.15) is 11.4 Å². The van der Waals surface area contributed by atoms with Crippen molar-refractivity contribution in [2.45, 2.75) is 12.3 Å². The van der Waals surface area contributed by atoms with Gasteiger partial charge in [0, 0.05) is 7.05 Å². The van der Waals surface area contributed by atoms with Crippen LogP contribution in [0.2, 0.25) is 0 Å². The Hall–Kier alpha value is -1.57. The lowest BCUT2D eigenvalue weighted by molar-refractivity contribution is -0.208. The molecule has 0 aliphatic rings. The molecule has 8 heteroatoms. The standard InChI is InChI=1S/C8H9F3N2O3/c1-13-5(7(15)16-2)3-4(12-13)6(14)8(9,10)11/h3,6,14H,1-2H3. The summed E-state index contributed by atoms with van der Waals surface area (Å²) in [5.41, 5.74) is -0.809. The number of aromatic nitrogens is 2. The number of aliphatic hydroxyl groups is 1. The van der Waals surface area contributed by atoms with Gasteiger partial charge in [-0.2, -0.15) is 18.3 Å². The minimum atomic E-state index is -4.82. The highest BCUT2D eigenvalue weighted by Crippen LogP contribution is 2.31. The molecule has 0 aliphatic carbocycles. The molecule has 1 heterocycles. The Kier molecular flexibility index (Phi) is 3.22. The molecule has 1 rings (SSSR count). The van der Waals surface area contributed by atoms with E-state index in [0.717, 1.165) is 17.9 Å². The molecule has 0 aliphatic heterocycles. The van der Waals surface area contributed by atoms with Crippen LogP contribution in [0, 0.1) is 0 Å². The summed E-state index contributed by atoms with van der Waals surface area (Å²) in [6.07, 6.45) is -7.53. The molecule has 1 N–H and O–H groups in total. The number of ether oxygens (including phenoxy) is 1. The van der Waals surface area contributed by atoms with E-state index >= 15 is 0 Å². The van der Waals surface area contributed by atoms with Crippen molar-refractivity contribution in [3.8, 4) is 0 Å². The van der Waals surface area contributed by atoms with Gasteiger partial charge in [-0.05, 0) is 6.07 Å². The van der Waals surface area contributed by atoms with Gasteiger partial charge in [0.05, 0.1) is 7.11 Å². The number of aryl methyl sites for hydroxylation is 1. The smallest absolute Gasteiger partial charge is 0.420 e. The van der Waals surface area contributed by atoms with Gasteiger partial charge in [0.15, 0.2) is 6.10 Å². The maximum Gasteiger partial charge on any atom is 0.420 e. The van der Waals surface area contributed by atoms with Crippen molar-refractivity contribution in [2.24, 2.45) is 7.05 Å². The van der Waals surface area contributed by atoms with Crippen molar-refractivity contribution in [1.29, 1.82) is 0 Å². The van der Waals surface area contributed by atoms with Crippen LogP contribution < -0.4 is 0 Å². The first kappa shape index (κ1) is 12.5. The van der Waals surface area contributed by atoms with Crippen LogP contribution >= 0.6 is 0 Å². The van der Waals surface area contributed by atoms with Crippen LogP contribution in [-0.2, 0) is 11.8 Å². The van der Waals surface area contributed by atoms with Crippen molar-refractivity contribution in [2.75, 3.05) is 7.11 Å². The number of carbonyl (C=O) groups is 1. The van der Waals surface area contributed by atoms with E-state index in [0.29, 0.717) is 0 Å². The van der Waals surface area contributed by atoms with Crippen molar-refractivity contribution >= 4 is 5.97 Å². The van der Waals surface area contributed by atoms with Gasteiger partial charge in [-0.1, -0.05) is 0 Å². The second-order valence-corrected chi connectivity index (χ2v) is 3.01. The largest absolute Gasteiger partial charge is 0.464 e. The van der Waals surface area contributed by atoms with E-state index in [-0.39, 0.29) is 5.69 Å². The van der Waals surface area contributed by atoms with Crippen LogP contribution in [0.5, 0.6) is 0 Å². The first-order valence-corrected chi connectivity index (χ1v) is 4.14. The quantitative estimate of drug-likeness (QED) is 0.774. The normalized spacial score (nSPS) is 13.6. The van der Waals surface area contributed by atoms with Crippen molar-refractivity contribution in [1.82, 2.24) is 9.78 Å². The summed E-state index contributed by atoms with van der Waals surface area (Å²) in [5, 5.41) is 12.3. The molecule has 0 aromatic carbocycles. The zero-order valence-electron chi connectivity index (χ0n) is 8.45. The Labute approximate surface area is 88.4 Å². The lowest BCUT2D eigenvalue weighted by atomic mass is 10.2. The Morgan fingerprint density at radius 2 is 2.19 bits per heavy atom. The molecule has 0 radical (unpaired) electrons. The van der Waals surface area contributed by atoms with Crippen molar-refractivity contribution in [3.63, 3.8) is 0 Å². The molecule has 16 heavy (non-hydrogen) atoms. The summed E-state index contributed by atoms with van der Waals surface area (Å²) in [7, 11) is 2.37. The van der Waals surface area contributed by atoms with Gasteiger partial charge in [0.2, 0.25) is 0 Å². The van der Waals surface area contributed by atoms with Crippen molar-refractivity contribution in [3.05, 3.63) is 17.5 Å². The Morgan fingerprint density at radius 1 is 1.62 bits per heavy atom. The van der Waals surface area contributed by atoms with E-state index in [1.54, 1.807) is 0 Å². The molecule has 1 atom stereocenters. The number of hydrogen-bond acceptors (Lipinski definition) is 4. The fraction of sp³-hybridized carbons (Fsp3) is 0.500. The molecule has 1 aromatic rings. The number of hydrogen-bond donors (Lipinski definition) is 1. The van der Waals surface area contributed by atoms with Gasteiger partial charge in [-0.3, -0.25) is 4.68 Å². The van der Waals surface area contributed by atoms with Crippen LogP contribution in [0.3, 0.4) is 0 Å². The second-order valence-electron chi connectivity index (χ2n) is 3.01. The van der Waals surface area contributed by atoms with Crippen LogP contribution in [0.15, 0.2) is 6.07 Å². The van der Waals surface area contributed by atoms with Crippen LogP contribution in [0.4, 0.5) is 13.2 Å². The average Bonchev–Trinajstić information content (AvgIpc) is 2.56. The minimum Gasteiger partial charge on any atom is -0.464 e. The predicted octanol–water partition coefficient (Wildman–Crippen LogP) is 0.802. The van der Waals surface area contributed by atoms with E-state index in [1.807, 2.05) is 0 Å². The van der Waals surface area contributed by atoms with E-state index < -0.39 is 23.9 Å². The maximum absolute atomic E-state index is 12.1. The van der Waals surface area contributed by atoms with Gasteiger partial charge in [0.25, 0.3) is 0 Å². The Balaban J connectivity index is 3.06. The number of alkyl halides is 3. The molecule has 5 nitrogen and oxygen atoms in total. The third kappa shape index (κ3) is 2.32. The summed E-state index contributed by atoms with van der Waals surface area (Å²) >= 11 is 0. The maximum atomic E-state index is 12.1. The highest BCUT2D eigenvalue weighted by atomic mass is 19.4. The SMILES string of the molecule is COC(=O)c1cc(C(O)C(F)(F)F)nn1C. The molecule has 1 aromatic heterocycles. The van der Waals surface area contributed by atoms with Crippen LogP contribution in [0.1, 0.15) is 22.3 Å². The fourth-order valence-electron chi connectivity index (χ4n) is 1.09. The number of methoxy groups -OCH3 is 1. The van der Waals surface area contributed by atoms with Gasteiger partial charge >= 0.3 is 12.1 Å². The molecule has 1 unspecified atom stereocenters. The van der Waals surface area contributed by atoms with E-state index in [2.05, 4.69) is 9.84 Å². The monoisotopic (exact) mass is 238 g/mol. The number of esters is 1. The zero-order valence-corrected chi connectivity index (χ0v) is 8.45. The lowest BCUT2D eigenvalue weighted by Crippen LogP contribution is -2.20. The van der Waals surface area contributed by atoms with E-state index in [9.17, 15) is 18.0 Å². The third-order valence-electron chi connectivity index (χ3n) is 1.88. The number of halogens is 3. The molecule has 0 spiro atoms. The summed E-state index contributed by atoms with van der Waals surface area (Å²) in [5.74, 6) is -0.823. The minimum absolute atomic E-state index is 0.166. The number of nitrogens with zero attached hydrogens (tertiary/aromatic N) is 2. The van der Waals surface area contributed by atoms with Crippen LogP contribution in [0.25, 0.3) is 0 Å². The molecule has 0 saturated carbocycles. The summed E-state index contributed by atoms with van der Waals surface area (Å²) in [6, 6.07) is 0.837. The van der Waals surface area contributed by atoms with Gasteiger partial charge < -0.3 is 9.84 Å². The molecule has 0 bridgehead atoms. The Morgan fingerprint density at radius 3 is 2.62 bits per heavy atom. The van der Waals surface area contributed by atoms with E-state index in [4.69, 9.17) is 5.11 Å². The van der Waals surface area contributed by atoms with E-state index in [1.165, 1.54) is 7.05 Å². The van der Waals surface area contributed by atoms with Crippen LogP contribution in [-0.4, -0.2) is 34.1 Å². The molecular weight excluding hydrogens is 229 g/mol. The molecular formula is C8H9F3N2O3. The first-order chi connectivity index (χ1) is 7.27. The highest BCUT2D eigenvalue weighted by molar-refractivity contribution is 5.87. The number of aliphatic hydroxyl groups excluding tert-OH is 1. The summed E-state index contributed by atoms with van der Waals surface area (Å²) in [4.78, 5) is 11.1. The molecule has 0 fully saturated rings. The molecule has 0 saturated heterocycles. The lowest BCUT2D eigenvalue weighted by Gasteiger charge is -2.11. The summed E-state index contributed by atoms with van der Waals surface area (Å²) in [6.45, 7) is 0. The number of rotatable bonds is 2. The third-order valence-corrected chi connectivity index (χ3v) is 1.88. The topological polar surface area (TPSA) is 64.3 Å². The second kappa shape index (κ2) is 4.12. The first-order valence-electron chi connectivity index (χ1n) is 4.14.